The van der Waals surface area contributed by atoms with Gasteiger partial charge in [0, 0.05) is 73.7 Å². The summed E-state index contributed by atoms with van der Waals surface area (Å²) < 4.78 is 7.15. The minimum atomic E-state index is -1.05. The molecule has 0 bridgehead atoms. The number of aryl methyl sites for hydroxylation is 1. The first kappa shape index (κ1) is 52.8. The third-order valence-corrected chi connectivity index (χ3v) is 11.8. The van der Waals surface area contributed by atoms with Gasteiger partial charge in [0.05, 0.1) is 23.6 Å². The van der Waals surface area contributed by atoms with Gasteiger partial charge in [-0.2, -0.15) is 5.10 Å². The van der Waals surface area contributed by atoms with Crippen molar-refractivity contribution in [2.75, 3.05) is 23.7 Å². The molecule has 0 fully saturated rings. The molecule has 74 heavy (non-hydrogen) atoms. The van der Waals surface area contributed by atoms with E-state index in [1.54, 1.807) is 55.0 Å². The Morgan fingerprint density at radius 3 is 2.38 bits per heavy atom. The zero-order chi connectivity index (χ0) is 52.6. The summed E-state index contributed by atoms with van der Waals surface area (Å²) in [6, 6.07) is 15.4. The molecule has 1 aromatic carbocycles. The van der Waals surface area contributed by atoms with Crippen LogP contribution in [0.2, 0.25) is 0 Å². The molecule has 7 rings (SSSR count). The Labute approximate surface area is 425 Å². The second kappa shape index (κ2) is 25.4. The Bertz CT molecular complexity index is 2990. The maximum atomic E-state index is 13.6. The van der Waals surface area contributed by atoms with Gasteiger partial charge in [0.1, 0.15) is 36.5 Å². The number of pyridine rings is 3. The van der Waals surface area contributed by atoms with Crippen molar-refractivity contribution < 1.29 is 38.3 Å². The van der Waals surface area contributed by atoms with Crippen LogP contribution in [-0.2, 0) is 48.4 Å². The van der Waals surface area contributed by atoms with Gasteiger partial charge in [-0.05, 0) is 92.1 Å². The Kier molecular flexibility index (Phi) is 18.1. The molecular formula is C51H59N15O8. The smallest absolute Gasteiger partial charge is 0.407 e. The highest BCUT2D eigenvalue weighted by molar-refractivity contribution is 6.12. The van der Waals surface area contributed by atoms with Crippen LogP contribution in [0.5, 0.6) is 0 Å². The van der Waals surface area contributed by atoms with E-state index in [9.17, 15) is 33.6 Å². The topological polar surface area (TPSA) is 315 Å². The SMILES string of the molecule is Cc1cccc(-c2nc(CNc3cncc(CNC(=O)OCc4ccc(NC(=O)[C@H](CCCNC(N)=O)NC(=O)C(NC(=O)CCCCCN5C(=O)C=CC5=O)C(C)C)cc4)c3)[nH]c2-c2ccc3ncnn3c2)n1. The molecule has 1 aliphatic heterocycles. The number of carbonyl (C=O) groups is 7. The number of rotatable bonds is 25. The summed E-state index contributed by atoms with van der Waals surface area (Å²) in [5.41, 5.74) is 12.3. The molecule has 23 nitrogen and oxygen atoms in total. The first-order valence-electron chi connectivity index (χ1n) is 24.2. The summed E-state index contributed by atoms with van der Waals surface area (Å²) in [5.74, 6) is -1.84. The molecule has 0 saturated carbocycles. The van der Waals surface area contributed by atoms with Crippen molar-refractivity contribution in [3.8, 4) is 22.6 Å². The molecule has 0 spiro atoms. The lowest BCUT2D eigenvalue weighted by atomic mass is 10.0. The van der Waals surface area contributed by atoms with Crippen molar-refractivity contribution in [1.82, 2.24) is 60.7 Å². The molecule has 6 heterocycles. The molecule has 23 heteroatoms. The fraction of sp³-hybridized carbons (Fsp3) is 0.333. The van der Waals surface area contributed by atoms with Crippen molar-refractivity contribution in [2.24, 2.45) is 11.7 Å². The van der Waals surface area contributed by atoms with Gasteiger partial charge in [-0.3, -0.25) is 38.8 Å². The van der Waals surface area contributed by atoms with Crippen molar-refractivity contribution in [1.29, 1.82) is 0 Å². The summed E-state index contributed by atoms with van der Waals surface area (Å²) >= 11 is 0. The number of aromatic nitrogens is 7. The number of unbranched alkanes of at least 4 members (excludes halogenated alkanes) is 2. The van der Waals surface area contributed by atoms with Gasteiger partial charge in [-0.15, -0.1) is 0 Å². The van der Waals surface area contributed by atoms with Crippen LogP contribution in [0.3, 0.4) is 0 Å². The zero-order valence-corrected chi connectivity index (χ0v) is 41.2. The van der Waals surface area contributed by atoms with E-state index in [0.29, 0.717) is 60.7 Å². The van der Waals surface area contributed by atoms with Crippen LogP contribution in [0.1, 0.15) is 75.0 Å². The standard InChI is InChI=1S/C51H59N15O8/c1-31(2)45(64-42(67)12-5-4-6-22-65-43(68)19-20-44(65)69)49(71)61-39(11-8-21-54-50(52)72)48(70)60-36-16-13-33(14-17-36)29-74-51(73)56-25-34-23-37(26-53-24-34)55-27-40-62-46(35-15-18-41-57-30-58-66(41)28-35)47(63-40)38-10-7-9-32(3)59-38/h7,9-10,13-20,23-24,26,28,30-31,39,45,55H,4-6,8,11-12,21-22,25,27,29H2,1-3H3,(H,56,73)(H,60,70)(H,61,71)(H,62,63)(H,64,67)(H3,52,54,72)/t39-,45?/m0/s1. The normalized spacial score (nSPS) is 12.9. The van der Waals surface area contributed by atoms with E-state index >= 15 is 0 Å². The maximum Gasteiger partial charge on any atom is 0.407 e. The maximum absolute atomic E-state index is 13.6. The third kappa shape index (κ3) is 15.0. The molecule has 8 amide bonds. The number of hydrogen-bond acceptors (Lipinski definition) is 14. The summed E-state index contributed by atoms with van der Waals surface area (Å²) in [5, 5.41) is 21.2. The van der Waals surface area contributed by atoms with Gasteiger partial charge < -0.3 is 47.4 Å². The van der Waals surface area contributed by atoms with Crippen LogP contribution in [0.25, 0.3) is 28.3 Å². The molecule has 386 valence electrons. The predicted molar refractivity (Wildman–Crippen MR) is 272 cm³/mol. The van der Waals surface area contributed by atoms with E-state index in [1.807, 2.05) is 49.5 Å². The number of aromatic amines is 1. The molecule has 5 aromatic heterocycles. The van der Waals surface area contributed by atoms with Gasteiger partial charge in [0.25, 0.3) is 11.8 Å². The van der Waals surface area contributed by atoms with Crippen molar-refractivity contribution in [2.45, 2.75) is 91.1 Å². The van der Waals surface area contributed by atoms with Gasteiger partial charge in [0.15, 0.2) is 5.65 Å². The minimum Gasteiger partial charge on any atom is -0.445 e. The average molecular weight is 1010 g/mol. The molecule has 1 aliphatic rings. The first-order chi connectivity index (χ1) is 35.7. The number of imidazole rings is 1. The number of anilines is 2. The van der Waals surface area contributed by atoms with Gasteiger partial charge in [-0.1, -0.05) is 38.5 Å². The fourth-order valence-corrected chi connectivity index (χ4v) is 7.91. The molecule has 0 radical (unpaired) electrons. The zero-order valence-electron chi connectivity index (χ0n) is 41.2. The highest BCUT2D eigenvalue weighted by Gasteiger charge is 2.29. The van der Waals surface area contributed by atoms with Crippen LogP contribution >= 0.6 is 0 Å². The highest BCUT2D eigenvalue weighted by Crippen LogP contribution is 2.30. The average Bonchev–Trinajstić information content (AvgIpc) is 4.13. The molecule has 0 aliphatic carbocycles. The Hall–Kier alpha value is -9.02. The largest absolute Gasteiger partial charge is 0.445 e. The number of alkyl carbamates (subject to hydrolysis) is 1. The number of fused-ring (bicyclic) bond motifs is 1. The number of primary amides is 1. The molecule has 0 saturated heterocycles. The van der Waals surface area contributed by atoms with Crippen molar-refractivity contribution in [3.05, 3.63) is 120 Å². The lowest BCUT2D eigenvalue weighted by Gasteiger charge is -2.25. The fourth-order valence-electron chi connectivity index (χ4n) is 7.91. The lowest BCUT2D eigenvalue weighted by Crippen LogP contribution is -2.54. The van der Waals surface area contributed by atoms with Gasteiger partial charge >= 0.3 is 12.1 Å². The number of H-pyrrole nitrogens is 1. The lowest BCUT2D eigenvalue weighted by molar-refractivity contribution is -0.137. The summed E-state index contributed by atoms with van der Waals surface area (Å²) in [4.78, 5) is 110. The van der Waals surface area contributed by atoms with Gasteiger partial charge in [0.2, 0.25) is 17.7 Å². The quantitative estimate of drug-likeness (QED) is 0.0291. The van der Waals surface area contributed by atoms with Crippen molar-refractivity contribution in [3.63, 3.8) is 0 Å². The molecule has 6 aromatic rings. The first-order valence-corrected chi connectivity index (χ1v) is 24.2. The van der Waals surface area contributed by atoms with E-state index in [4.69, 9.17) is 20.4 Å². The predicted octanol–water partition coefficient (Wildman–Crippen LogP) is 4.42. The number of nitrogens with one attached hydrogen (secondary N) is 7. The number of amides is 8. The number of imide groups is 1. The number of hydrogen-bond donors (Lipinski definition) is 8. The van der Waals surface area contributed by atoms with E-state index < -0.39 is 36.0 Å². The minimum absolute atomic E-state index is 0.0655. The molecule has 9 N–H and O–H groups in total. The molecule has 1 unspecified atom stereocenters. The summed E-state index contributed by atoms with van der Waals surface area (Å²) in [7, 11) is 0. The van der Waals surface area contributed by atoms with Gasteiger partial charge in [-0.25, -0.2) is 24.1 Å². The highest BCUT2D eigenvalue weighted by atomic mass is 16.5. The summed E-state index contributed by atoms with van der Waals surface area (Å²) in [6.45, 7) is 6.28. The second-order valence-corrected chi connectivity index (χ2v) is 17.9. The number of carbonyl (C=O) groups excluding carboxylic acids is 7. The second-order valence-electron chi connectivity index (χ2n) is 17.9. The van der Waals surface area contributed by atoms with E-state index in [-0.39, 0.29) is 62.7 Å². The Morgan fingerprint density at radius 2 is 1.62 bits per heavy atom. The summed E-state index contributed by atoms with van der Waals surface area (Å²) in [6.07, 6.45) is 10.6. The molecular weight excluding hydrogens is 951 g/mol. The van der Waals surface area contributed by atoms with Crippen molar-refractivity contribution >= 4 is 58.7 Å². The molecule has 2 atom stereocenters. The number of nitrogens with two attached hydrogens (primary N) is 1. The number of urea groups is 1. The van der Waals surface area contributed by atoms with Crippen LogP contribution in [0.15, 0.2) is 97.7 Å². The monoisotopic (exact) mass is 1010 g/mol. The van der Waals surface area contributed by atoms with Crippen LogP contribution in [0.4, 0.5) is 21.0 Å². The van der Waals surface area contributed by atoms with E-state index in [1.165, 1.54) is 18.5 Å². The van der Waals surface area contributed by atoms with E-state index in [0.717, 1.165) is 38.8 Å². The van der Waals surface area contributed by atoms with Crippen LogP contribution in [0, 0.1) is 12.8 Å². The Morgan fingerprint density at radius 1 is 0.824 bits per heavy atom. The third-order valence-electron chi connectivity index (χ3n) is 11.8. The number of nitrogens with zero attached hydrogens (tertiary/aromatic N) is 7. The van der Waals surface area contributed by atoms with Crippen LogP contribution in [-0.4, -0.2) is 106 Å². The Balaban J connectivity index is 0.868. The van der Waals surface area contributed by atoms with Crippen LogP contribution < -0.4 is 37.6 Å². The van der Waals surface area contributed by atoms with E-state index in [2.05, 4.69) is 52.0 Å². The number of ether oxygens (including phenoxy) is 1. The number of benzene rings is 1.